The molecule has 4 nitrogen and oxygen atoms in total. The van der Waals surface area contributed by atoms with Gasteiger partial charge in [0, 0.05) is 50.2 Å². The Morgan fingerprint density at radius 1 is 0.816 bits per heavy atom. The normalized spacial score (nSPS) is 14.3. The first-order chi connectivity index (χ1) is 24.6. The van der Waals surface area contributed by atoms with Crippen LogP contribution in [0.25, 0.3) is 54.7 Å². The molecule has 7 aromatic rings. The third kappa shape index (κ3) is 8.20. The van der Waals surface area contributed by atoms with Gasteiger partial charge in [0.15, 0.2) is 0 Å². The van der Waals surface area contributed by atoms with E-state index in [4.69, 9.17) is 16.3 Å². The Morgan fingerprint density at radius 3 is 2.22 bits per heavy atom. The summed E-state index contributed by atoms with van der Waals surface area (Å²) in [7, 11) is 0. The minimum absolute atomic E-state index is 0. The van der Waals surface area contributed by atoms with Gasteiger partial charge in [0.05, 0.1) is 15.3 Å². The molecular formula is C43H45IrN3OS-2. The molecule has 0 N–H and O–H groups in total. The van der Waals surface area contributed by atoms with Gasteiger partial charge in [-0.2, -0.15) is 0 Å². The number of pyridine rings is 2. The number of benzene rings is 3. The first-order valence-corrected chi connectivity index (χ1v) is 17.0. The summed E-state index contributed by atoms with van der Waals surface area (Å²) in [6.07, 6.45) is 1.92. The zero-order valence-corrected chi connectivity index (χ0v) is 32.7. The molecule has 3 aromatic carbocycles. The van der Waals surface area contributed by atoms with Gasteiger partial charge in [0.1, 0.15) is 11.1 Å². The SMILES string of the molecule is CC(C)(C)c1ccnc(-c2[c-]ccc3c2oc2c3ccc3sc(C(C)(C)C)nc32)c1.[2H]C([2H])([2H])c1c[c-]c(-c2ccc(C([2H])([2H])C(C)(C)C)cn2)cc1.[Ir]. The average molecular weight is 849 g/mol. The number of aryl methyl sites for hydroxylation is 1. The summed E-state index contributed by atoms with van der Waals surface area (Å²) < 4.78 is 46.2. The van der Waals surface area contributed by atoms with Gasteiger partial charge >= 0.3 is 0 Å². The molecule has 4 aromatic heterocycles. The van der Waals surface area contributed by atoms with E-state index in [9.17, 15) is 0 Å². The number of nitrogens with zero attached hydrogens (tertiary/aromatic N) is 3. The quantitative estimate of drug-likeness (QED) is 0.166. The number of hydrogen-bond acceptors (Lipinski definition) is 5. The van der Waals surface area contributed by atoms with Crippen molar-refractivity contribution in [3.8, 4) is 22.5 Å². The minimum atomic E-state index is -2.14. The van der Waals surface area contributed by atoms with Gasteiger partial charge in [-0.25, -0.2) is 4.98 Å². The molecule has 0 aliphatic rings. The van der Waals surface area contributed by atoms with Crippen molar-refractivity contribution in [1.82, 2.24) is 15.0 Å². The Morgan fingerprint density at radius 2 is 1.59 bits per heavy atom. The maximum absolute atomic E-state index is 8.25. The number of aromatic nitrogens is 3. The Bertz CT molecular complexity index is 2410. The summed E-state index contributed by atoms with van der Waals surface area (Å²) >= 11 is 1.74. The van der Waals surface area contributed by atoms with Crippen LogP contribution in [-0.4, -0.2) is 15.0 Å². The molecule has 0 bridgehead atoms. The Kier molecular flexibility index (Phi) is 8.55. The second-order valence-corrected chi connectivity index (χ2v) is 16.3. The molecule has 0 saturated heterocycles. The molecule has 7 rings (SSSR count). The van der Waals surface area contributed by atoms with E-state index >= 15 is 0 Å². The van der Waals surface area contributed by atoms with Crippen molar-refractivity contribution < 1.29 is 31.4 Å². The van der Waals surface area contributed by atoms with Crippen molar-refractivity contribution in [1.29, 1.82) is 0 Å². The maximum atomic E-state index is 8.25. The Labute approximate surface area is 315 Å². The molecule has 0 amide bonds. The number of fused-ring (bicyclic) bond motifs is 5. The van der Waals surface area contributed by atoms with E-state index in [-0.39, 0.29) is 36.5 Å². The molecule has 0 atom stereocenters. The van der Waals surface area contributed by atoms with E-state index in [1.807, 2.05) is 33.0 Å². The largest absolute Gasteiger partial charge is 0.498 e. The molecule has 0 saturated carbocycles. The second-order valence-electron chi connectivity index (χ2n) is 15.2. The topological polar surface area (TPSA) is 51.8 Å². The van der Waals surface area contributed by atoms with Crippen LogP contribution in [0.15, 0.2) is 83.5 Å². The van der Waals surface area contributed by atoms with Crippen molar-refractivity contribution in [3.05, 3.63) is 113 Å². The monoisotopic (exact) mass is 849 g/mol. The van der Waals surface area contributed by atoms with Gasteiger partial charge in [0.2, 0.25) is 0 Å². The summed E-state index contributed by atoms with van der Waals surface area (Å²) in [5.74, 6) is 0. The van der Waals surface area contributed by atoms with E-state index < -0.39 is 18.6 Å². The first kappa shape index (κ1) is 30.2. The maximum Gasteiger partial charge on any atom is 0.148 e. The van der Waals surface area contributed by atoms with Crippen LogP contribution in [-0.2, 0) is 37.3 Å². The molecule has 0 spiro atoms. The Balaban J connectivity index is 0.000000212. The third-order valence-electron chi connectivity index (χ3n) is 7.85. The van der Waals surface area contributed by atoms with Gasteiger partial charge in [0.25, 0.3) is 0 Å². The Hall–Kier alpha value is -3.70. The summed E-state index contributed by atoms with van der Waals surface area (Å²) in [5.41, 5.74) is 7.24. The van der Waals surface area contributed by atoms with Gasteiger partial charge in [-0.1, -0.05) is 104 Å². The average Bonchev–Trinajstić information content (AvgIpc) is 3.70. The fourth-order valence-electron chi connectivity index (χ4n) is 5.38. The number of thiazole rings is 1. The molecular weight excluding hydrogens is 799 g/mol. The number of rotatable bonds is 3. The summed E-state index contributed by atoms with van der Waals surface area (Å²) in [6.45, 7) is 16.6. The van der Waals surface area contributed by atoms with Crippen LogP contribution in [0.4, 0.5) is 0 Å². The predicted molar refractivity (Wildman–Crippen MR) is 203 cm³/mol. The molecule has 4 heterocycles. The molecule has 6 heteroatoms. The van der Waals surface area contributed by atoms with Crippen molar-refractivity contribution in [2.45, 2.75) is 86.4 Å². The van der Waals surface area contributed by atoms with Crippen LogP contribution < -0.4 is 0 Å². The molecule has 0 fully saturated rings. The minimum Gasteiger partial charge on any atom is -0.498 e. The van der Waals surface area contributed by atoms with Crippen LogP contribution in [0.2, 0.25) is 0 Å². The number of hydrogen-bond donors (Lipinski definition) is 0. The van der Waals surface area contributed by atoms with Gasteiger partial charge in [-0.15, -0.1) is 64.9 Å². The van der Waals surface area contributed by atoms with E-state index in [2.05, 4.69) is 94.0 Å². The summed E-state index contributed by atoms with van der Waals surface area (Å²) in [6, 6.07) is 27.0. The van der Waals surface area contributed by atoms with Crippen molar-refractivity contribution in [2.75, 3.05) is 0 Å². The zero-order valence-electron chi connectivity index (χ0n) is 34.5. The molecule has 0 aliphatic carbocycles. The van der Waals surface area contributed by atoms with Crippen LogP contribution in [0.5, 0.6) is 0 Å². The standard InChI is InChI=1S/C26H25N2OS.C17H20N.Ir/c1-25(2,3)15-12-13-27-19(14-15)18-9-7-8-16-17-10-11-20-21(23(17)29-22(16)18)28-24(30-20)26(4,5)6;1-13-5-8-15(9-6-13)16-10-7-14(12-18-16)11-17(2,3)4;/h7-8,10-14H,1-6H3;5-8,10,12H,11H2,1-4H3;/q2*-1;/i;1D3,11D2;. The van der Waals surface area contributed by atoms with E-state index in [1.165, 1.54) is 17.8 Å². The molecule has 0 aliphatic heterocycles. The van der Waals surface area contributed by atoms with Crippen LogP contribution in [0.1, 0.15) is 90.9 Å². The fraction of sp³-hybridized carbons (Fsp3) is 0.326. The third-order valence-corrected chi connectivity index (χ3v) is 9.30. The van der Waals surface area contributed by atoms with Crippen LogP contribution in [0, 0.1) is 24.4 Å². The predicted octanol–water partition coefficient (Wildman–Crippen LogP) is 12.1. The molecule has 0 unspecified atom stereocenters. The van der Waals surface area contributed by atoms with Crippen LogP contribution >= 0.6 is 11.3 Å². The van der Waals surface area contributed by atoms with Gasteiger partial charge in [-0.3, -0.25) is 0 Å². The van der Waals surface area contributed by atoms with Crippen LogP contribution in [0.3, 0.4) is 0 Å². The molecule has 49 heavy (non-hydrogen) atoms. The van der Waals surface area contributed by atoms with Crippen molar-refractivity contribution in [3.63, 3.8) is 0 Å². The van der Waals surface area contributed by atoms with Gasteiger partial charge in [-0.05, 0) is 51.9 Å². The van der Waals surface area contributed by atoms with E-state index in [0.717, 1.165) is 48.4 Å². The summed E-state index contributed by atoms with van der Waals surface area (Å²) in [4.78, 5) is 13.9. The van der Waals surface area contributed by atoms with Gasteiger partial charge < -0.3 is 14.4 Å². The summed E-state index contributed by atoms with van der Waals surface area (Å²) in [5, 5.41) is 3.29. The molecule has 1 radical (unpaired) electrons. The number of furan rings is 1. The van der Waals surface area contributed by atoms with Crippen molar-refractivity contribution in [2.24, 2.45) is 5.41 Å². The van der Waals surface area contributed by atoms with Crippen molar-refractivity contribution >= 4 is 43.5 Å². The van der Waals surface area contributed by atoms with E-state index in [0.29, 0.717) is 16.8 Å². The fourth-order valence-corrected chi connectivity index (χ4v) is 6.40. The van der Waals surface area contributed by atoms with E-state index in [1.54, 1.807) is 35.6 Å². The smallest absolute Gasteiger partial charge is 0.148 e. The molecule has 255 valence electrons. The second kappa shape index (κ2) is 13.9. The first-order valence-electron chi connectivity index (χ1n) is 18.7. The zero-order chi connectivity index (χ0) is 38.7.